The van der Waals surface area contributed by atoms with Crippen LogP contribution in [0.2, 0.25) is 5.02 Å². The Morgan fingerprint density at radius 1 is 1.75 bits per heavy atom. The van der Waals surface area contributed by atoms with E-state index in [1.54, 1.807) is 6.20 Å². The van der Waals surface area contributed by atoms with Crippen LogP contribution in [0.1, 0.15) is 18.2 Å². The molecule has 0 amide bonds. The summed E-state index contributed by atoms with van der Waals surface area (Å²) in [5.41, 5.74) is 1.03. The van der Waals surface area contributed by atoms with Crippen molar-refractivity contribution in [3.05, 3.63) is 16.9 Å². The third-order valence-corrected chi connectivity index (χ3v) is 2.61. The zero-order chi connectivity index (χ0) is 8.55. The molecular weight excluding hydrogens is 176 g/mol. The second-order valence-electron chi connectivity index (χ2n) is 3.04. The lowest BCUT2D eigenvalue weighted by molar-refractivity contribution is 0.184. The monoisotopic (exact) mass is 186 g/mol. The highest BCUT2D eigenvalue weighted by molar-refractivity contribution is 6.31. The SMILES string of the molecule is Cc1c(Cl)cnn1C1CCOC1. The summed E-state index contributed by atoms with van der Waals surface area (Å²) < 4.78 is 7.23. The normalized spacial score (nSPS) is 23.3. The van der Waals surface area contributed by atoms with Gasteiger partial charge in [0.25, 0.3) is 0 Å². The lowest BCUT2D eigenvalue weighted by Crippen LogP contribution is -2.11. The first-order chi connectivity index (χ1) is 5.79. The summed E-state index contributed by atoms with van der Waals surface area (Å²) >= 11 is 5.88. The average Bonchev–Trinajstić information content (AvgIpc) is 2.64. The zero-order valence-corrected chi connectivity index (χ0v) is 7.71. The number of ether oxygens (including phenoxy) is 1. The first kappa shape index (κ1) is 8.08. The maximum atomic E-state index is 5.88. The van der Waals surface area contributed by atoms with Crippen molar-refractivity contribution in [3.63, 3.8) is 0 Å². The van der Waals surface area contributed by atoms with Gasteiger partial charge in [0.15, 0.2) is 0 Å². The van der Waals surface area contributed by atoms with Gasteiger partial charge in [0.05, 0.1) is 29.6 Å². The Balaban J connectivity index is 2.26. The van der Waals surface area contributed by atoms with Gasteiger partial charge in [-0.05, 0) is 13.3 Å². The summed E-state index contributed by atoms with van der Waals surface area (Å²) in [6, 6.07) is 0.387. The molecule has 1 aliphatic heterocycles. The van der Waals surface area contributed by atoms with Gasteiger partial charge >= 0.3 is 0 Å². The van der Waals surface area contributed by atoms with Crippen molar-refractivity contribution in [2.45, 2.75) is 19.4 Å². The Morgan fingerprint density at radius 2 is 2.58 bits per heavy atom. The minimum Gasteiger partial charge on any atom is -0.379 e. The maximum Gasteiger partial charge on any atom is 0.0815 e. The van der Waals surface area contributed by atoms with Crippen LogP contribution in [0.25, 0.3) is 0 Å². The highest BCUT2D eigenvalue weighted by Gasteiger charge is 2.20. The van der Waals surface area contributed by atoms with Crippen molar-refractivity contribution in [2.24, 2.45) is 0 Å². The molecule has 1 aromatic heterocycles. The smallest absolute Gasteiger partial charge is 0.0815 e. The van der Waals surface area contributed by atoms with E-state index in [4.69, 9.17) is 16.3 Å². The fraction of sp³-hybridized carbons (Fsp3) is 0.625. The van der Waals surface area contributed by atoms with Crippen LogP contribution in [-0.2, 0) is 4.74 Å². The zero-order valence-electron chi connectivity index (χ0n) is 6.96. The first-order valence-electron chi connectivity index (χ1n) is 4.06. The van der Waals surface area contributed by atoms with Gasteiger partial charge in [-0.3, -0.25) is 4.68 Å². The lowest BCUT2D eigenvalue weighted by Gasteiger charge is -2.09. The molecule has 1 saturated heterocycles. The van der Waals surface area contributed by atoms with Gasteiger partial charge in [0.2, 0.25) is 0 Å². The third kappa shape index (κ3) is 1.23. The summed E-state index contributed by atoms with van der Waals surface area (Å²) in [6.07, 6.45) is 2.73. The molecule has 66 valence electrons. The highest BCUT2D eigenvalue weighted by atomic mass is 35.5. The molecule has 0 aliphatic carbocycles. The van der Waals surface area contributed by atoms with E-state index < -0.39 is 0 Å². The Hall–Kier alpha value is -0.540. The maximum absolute atomic E-state index is 5.88. The Kier molecular flexibility index (Phi) is 2.07. The van der Waals surface area contributed by atoms with Crippen LogP contribution in [-0.4, -0.2) is 23.0 Å². The molecule has 12 heavy (non-hydrogen) atoms. The number of aromatic nitrogens is 2. The van der Waals surface area contributed by atoms with Gasteiger partial charge in [0.1, 0.15) is 0 Å². The third-order valence-electron chi connectivity index (χ3n) is 2.24. The van der Waals surface area contributed by atoms with Gasteiger partial charge in [-0.1, -0.05) is 11.6 Å². The fourth-order valence-corrected chi connectivity index (χ4v) is 1.62. The number of hydrogen-bond acceptors (Lipinski definition) is 2. The lowest BCUT2D eigenvalue weighted by atomic mass is 10.2. The minimum atomic E-state index is 0.387. The molecule has 0 N–H and O–H groups in total. The number of halogens is 1. The Labute approximate surface area is 76.3 Å². The second-order valence-corrected chi connectivity index (χ2v) is 3.45. The Bertz CT molecular complexity index is 279. The molecule has 0 aromatic carbocycles. The minimum absolute atomic E-state index is 0.387. The van der Waals surface area contributed by atoms with E-state index in [2.05, 4.69) is 5.10 Å². The number of rotatable bonds is 1. The van der Waals surface area contributed by atoms with E-state index in [0.717, 1.165) is 30.4 Å². The molecule has 3 nitrogen and oxygen atoms in total. The van der Waals surface area contributed by atoms with Gasteiger partial charge in [0, 0.05) is 6.61 Å². The van der Waals surface area contributed by atoms with Gasteiger partial charge < -0.3 is 4.74 Å². The molecule has 4 heteroatoms. The van der Waals surface area contributed by atoms with Crippen molar-refractivity contribution in [2.75, 3.05) is 13.2 Å². The van der Waals surface area contributed by atoms with Crippen molar-refractivity contribution in [1.29, 1.82) is 0 Å². The first-order valence-corrected chi connectivity index (χ1v) is 4.44. The standard InChI is InChI=1S/C8H11ClN2O/c1-6-8(9)4-10-11(6)7-2-3-12-5-7/h4,7H,2-3,5H2,1H3. The quantitative estimate of drug-likeness (QED) is 0.669. The molecule has 1 aliphatic rings. The van der Waals surface area contributed by atoms with E-state index in [0.29, 0.717) is 6.04 Å². The molecule has 1 fully saturated rings. The van der Waals surface area contributed by atoms with E-state index >= 15 is 0 Å². The van der Waals surface area contributed by atoms with Crippen LogP contribution in [0, 0.1) is 6.92 Å². The van der Waals surface area contributed by atoms with Gasteiger partial charge in [-0.25, -0.2) is 0 Å². The Morgan fingerprint density at radius 3 is 3.08 bits per heavy atom. The number of hydrogen-bond donors (Lipinski definition) is 0. The molecule has 0 spiro atoms. The summed E-state index contributed by atoms with van der Waals surface area (Å²) in [4.78, 5) is 0. The number of nitrogens with zero attached hydrogens (tertiary/aromatic N) is 2. The largest absolute Gasteiger partial charge is 0.379 e. The summed E-state index contributed by atoms with van der Waals surface area (Å²) in [7, 11) is 0. The molecule has 2 heterocycles. The van der Waals surface area contributed by atoms with E-state index in [9.17, 15) is 0 Å². The van der Waals surface area contributed by atoms with Crippen LogP contribution in [0.3, 0.4) is 0 Å². The van der Waals surface area contributed by atoms with Crippen LogP contribution in [0.4, 0.5) is 0 Å². The molecule has 1 atom stereocenters. The molecule has 2 rings (SSSR count). The van der Waals surface area contributed by atoms with Crippen molar-refractivity contribution in [1.82, 2.24) is 9.78 Å². The summed E-state index contributed by atoms with van der Waals surface area (Å²) in [5, 5.41) is 4.94. The average molecular weight is 187 g/mol. The van der Waals surface area contributed by atoms with E-state index in [-0.39, 0.29) is 0 Å². The predicted octanol–water partition coefficient (Wildman–Crippen LogP) is 1.81. The van der Waals surface area contributed by atoms with Crippen molar-refractivity contribution < 1.29 is 4.74 Å². The van der Waals surface area contributed by atoms with E-state index in [1.165, 1.54) is 0 Å². The van der Waals surface area contributed by atoms with Crippen LogP contribution >= 0.6 is 11.6 Å². The van der Waals surface area contributed by atoms with Crippen LogP contribution < -0.4 is 0 Å². The van der Waals surface area contributed by atoms with Gasteiger partial charge in [-0.15, -0.1) is 0 Å². The molecule has 0 saturated carbocycles. The molecule has 0 bridgehead atoms. The molecular formula is C8H11ClN2O. The second kappa shape index (κ2) is 3.07. The van der Waals surface area contributed by atoms with Crippen LogP contribution in [0.5, 0.6) is 0 Å². The molecule has 0 radical (unpaired) electrons. The van der Waals surface area contributed by atoms with Gasteiger partial charge in [-0.2, -0.15) is 5.10 Å². The van der Waals surface area contributed by atoms with E-state index in [1.807, 2.05) is 11.6 Å². The summed E-state index contributed by atoms with van der Waals surface area (Å²) in [6.45, 7) is 3.58. The van der Waals surface area contributed by atoms with Crippen LogP contribution in [0.15, 0.2) is 6.20 Å². The highest BCUT2D eigenvalue weighted by Crippen LogP contribution is 2.23. The predicted molar refractivity (Wildman–Crippen MR) is 46.4 cm³/mol. The van der Waals surface area contributed by atoms with Crippen molar-refractivity contribution in [3.8, 4) is 0 Å². The molecule has 1 aromatic rings. The topological polar surface area (TPSA) is 27.1 Å². The molecule has 1 unspecified atom stereocenters. The van der Waals surface area contributed by atoms with Crippen molar-refractivity contribution >= 4 is 11.6 Å². The summed E-state index contributed by atoms with van der Waals surface area (Å²) in [5.74, 6) is 0. The fourth-order valence-electron chi connectivity index (χ4n) is 1.49.